The van der Waals surface area contributed by atoms with E-state index < -0.39 is 0 Å². The first-order valence-corrected chi connectivity index (χ1v) is 6.35. The molecule has 2 nitrogen and oxygen atoms in total. The van der Waals surface area contributed by atoms with Gasteiger partial charge in [0.2, 0.25) is 0 Å². The highest BCUT2D eigenvalue weighted by Crippen LogP contribution is 2.15. The predicted molar refractivity (Wildman–Crippen MR) is 79.0 cm³/mol. The zero-order chi connectivity index (χ0) is 13.4. The SMILES string of the molecule is Cc1ccc(-n2c(C)cc3ccccc3c2=O)cc1. The highest BCUT2D eigenvalue weighted by molar-refractivity contribution is 5.82. The van der Waals surface area contributed by atoms with Crippen LogP contribution in [0.4, 0.5) is 0 Å². The molecule has 1 aromatic heterocycles. The molecule has 0 saturated heterocycles. The Bertz CT molecular complexity index is 798. The van der Waals surface area contributed by atoms with Gasteiger partial charge in [0.05, 0.1) is 0 Å². The van der Waals surface area contributed by atoms with Crippen molar-refractivity contribution in [1.29, 1.82) is 0 Å². The fraction of sp³-hybridized carbons (Fsp3) is 0.118. The van der Waals surface area contributed by atoms with Crippen LogP contribution in [-0.4, -0.2) is 4.57 Å². The lowest BCUT2D eigenvalue weighted by Crippen LogP contribution is -2.20. The molecular formula is C17H15NO. The highest BCUT2D eigenvalue weighted by Gasteiger charge is 2.07. The van der Waals surface area contributed by atoms with Gasteiger partial charge < -0.3 is 0 Å². The van der Waals surface area contributed by atoms with Crippen molar-refractivity contribution in [1.82, 2.24) is 4.57 Å². The summed E-state index contributed by atoms with van der Waals surface area (Å²) in [4.78, 5) is 12.6. The second kappa shape index (κ2) is 4.39. The first-order chi connectivity index (χ1) is 9.16. The second-order valence-corrected chi connectivity index (χ2v) is 4.85. The molecule has 0 atom stereocenters. The number of rotatable bonds is 1. The van der Waals surface area contributed by atoms with Gasteiger partial charge >= 0.3 is 0 Å². The Hall–Kier alpha value is -2.35. The fourth-order valence-electron chi connectivity index (χ4n) is 2.40. The molecule has 1 heterocycles. The first kappa shape index (κ1) is 11.7. The Morgan fingerprint density at radius 1 is 0.895 bits per heavy atom. The van der Waals surface area contributed by atoms with Crippen LogP contribution in [0.1, 0.15) is 11.3 Å². The molecule has 0 radical (unpaired) electrons. The summed E-state index contributed by atoms with van der Waals surface area (Å²) in [5.41, 5.74) is 3.10. The van der Waals surface area contributed by atoms with Gasteiger partial charge in [0.15, 0.2) is 0 Å². The van der Waals surface area contributed by atoms with Gasteiger partial charge in [-0.15, -0.1) is 0 Å². The normalized spacial score (nSPS) is 10.8. The van der Waals surface area contributed by atoms with E-state index in [0.717, 1.165) is 22.2 Å². The maximum absolute atomic E-state index is 12.6. The topological polar surface area (TPSA) is 22.0 Å². The number of aromatic nitrogens is 1. The van der Waals surface area contributed by atoms with Gasteiger partial charge in [0, 0.05) is 16.8 Å². The molecule has 0 aliphatic heterocycles. The lowest BCUT2D eigenvalue weighted by molar-refractivity contribution is 0.950. The molecule has 0 fully saturated rings. The van der Waals surface area contributed by atoms with Crippen LogP contribution in [0, 0.1) is 13.8 Å². The lowest BCUT2D eigenvalue weighted by Gasteiger charge is -2.11. The van der Waals surface area contributed by atoms with Gasteiger partial charge in [-0.05, 0) is 43.5 Å². The molecule has 0 spiro atoms. The molecule has 0 aliphatic carbocycles. The highest BCUT2D eigenvalue weighted by atomic mass is 16.1. The quantitative estimate of drug-likeness (QED) is 0.645. The van der Waals surface area contributed by atoms with E-state index in [4.69, 9.17) is 0 Å². The summed E-state index contributed by atoms with van der Waals surface area (Å²) in [5, 5.41) is 1.75. The third kappa shape index (κ3) is 1.95. The Morgan fingerprint density at radius 3 is 2.32 bits per heavy atom. The van der Waals surface area contributed by atoms with Crippen LogP contribution in [0.2, 0.25) is 0 Å². The second-order valence-electron chi connectivity index (χ2n) is 4.85. The molecule has 0 amide bonds. The smallest absolute Gasteiger partial charge is 0.263 e. The van der Waals surface area contributed by atoms with Crippen molar-refractivity contribution < 1.29 is 0 Å². The maximum atomic E-state index is 12.6. The van der Waals surface area contributed by atoms with Gasteiger partial charge in [-0.3, -0.25) is 9.36 Å². The third-order valence-corrected chi connectivity index (χ3v) is 3.40. The minimum Gasteiger partial charge on any atom is -0.281 e. The number of benzene rings is 2. The van der Waals surface area contributed by atoms with E-state index in [2.05, 4.69) is 6.07 Å². The largest absolute Gasteiger partial charge is 0.281 e. The summed E-state index contributed by atoms with van der Waals surface area (Å²) < 4.78 is 1.77. The Morgan fingerprint density at radius 2 is 1.58 bits per heavy atom. The molecule has 0 unspecified atom stereocenters. The number of hydrogen-bond donors (Lipinski definition) is 0. The van der Waals surface area contributed by atoms with Crippen molar-refractivity contribution >= 4 is 10.8 Å². The fourth-order valence-corrected chi connectivity index (χ4v) is 2.40. The van der Waals surface area contributed by atoms with E-state index >= 15 is 0 Å². The van der Waals surface area contributed by atoms with Crippen molar-refractivity contribution in [3.8, 4) is 5.69 Å². The van der Waals surface area contributed by atoms with Crippen molar-refractivity contribution in [2.24, 2.45) is 0 Å². The molecule has 3 aromatic rings. The minimum absolute atomic E-state index is 0.0412. The van der Waals surface area contributed by atoms with Gasteiger partial charge in [-0.1, -0.05) is 35.9 Å². The summed E-state index contributed by atoms with van der Waals surface area (Å²) in [5.74, 6) is 0. The van der Waals surface area contributed by atoms with E-state index in [-0.39, 0.29) is 5.56 Å². The van der Waals surface area contributed by atoms with Crippen molar-refractivity contribution in [3.05, 3.63) is 76.2 Å². The Labute approximate surface area is 111 Å². The molecule has 2 aromatic carbocycles. The maximum Gasteiger partial charge on any atom is 0.263 e. The summed E-state index contributed by atoms with van der Waals surface area (Å²) in [7, 11) is 0. The molecule has 19 heavy (non-hydrogen) atoms. The summed E-state index contributed by atoms with van der Waals surface area (Å²) in [6.07, 6.45) is 0. The van der Waals surface area contributed by atoms with E-state index in [1.165, 1.54) is 5.56 Å². The van der Waals surface area contributed by atoms with E-state index in [1.807, 2.05) is 62.4 Å². The average Bonchev–Trinajstić information content (AvgIpc) is 2.41. The van der Waals surface area contributed by atoms with Crippen LogP contribution in [0.25, 0.3) is 16.5 Å². The van der Waals surface area contributed by atoms with Crippen LogP contribution in [-0.2, 0) is 0 Å². The summed E-state index contributed by atoms with van der Waals surface area (Å²) >= 11 is 0. The molecule has 3 rings (SSSR count). The number of fused-ring (bicyclic) bond motifs is 1. The number of pyridine rings is 1. The van der Waals surface area contributed by atoms with Gasteiger partial charge in [0.1, 0.15) is 0 Å². The minimum atomic E-state index is 0.0412. The number of nitrogens with zero attached hydrogens (tertiary/aromatic N) is 1. The zero-order valence-corrected chi connectivity index (χ0v) is 11.1. The Balaban J connectivity index is 2.35. The molecule has 0 saturated carbocycles. The van der Waals surface area contributed by atoms with E-state index in [9.17, 15) is 4.79 Å². The zero-order valence-electron chi connectivity index (χ0n) is 11.1. The first-order valence-electron chi connectivity index (χ1n) is 6.35. The van der Waals surface area contributed by atoms with Crippen molar-refractivity contribution in [3.63, 3.8) is 0 Å². The van der Waals surface area contributed by atoms with Crippen LogP contribution in [0.15, 0.2) is 59.4 Å². The van der Waals surface area contributed by atoms with Crippen LogP contribution < -0.4 is 5.56 Å². The van der Waals surface area contributed by atoms with Crippen LogP contribution in [0.3, 0.4) is 0 Å². The summed E-state index contributed by atoms with van der Waals surface area (Å²) in [6.45, 7) is 4.01. The molecule has 94 valence electrons. The van der Waals surface area contributed by atoms with Gasteiger partial charge in [-0.2, -0.15) is 0 Å². The van der Waals surface area contributed by atoms with Gasteiger partial charge in [-0.25, -0.2) is 0 Å². The molecule has 0 aliphatic rings. The molecular weight excluding hydrogens is 234 g/mol. The van der Waals surface area contributed by atoms with Crippen LogP contribution in [0.5, 0.6) is 0 Å². The Kier molecular flexibility index (Phi) is 2.71. The lowest BCUT2D eigenvalue weighted by atomic mass is 10.1. The summed E-state index contributed by atoms with van der Waals surface area (Å²) in [6, 6.07) is 17.8. The van der Waals surface area contributed by atoms with E-state index in [0.29, 0.717) is 0 Å². The number of hydrogen-bond acceptors (Lipinski definition) is 1. The molecule has 0 N–H and O–H groups in total. The van der Waals surface area contributed by atoms with E-state index in [1.54, 1.807) is 4.57 Å². The number of aryl methyl sites for hydroxylation is 2. The average molecular weight is 249 g/mol. The van der Waals surface area contributed by atoms with Gasteiger partial charge in [0.25, 0.3) is 5.56 Å². The van der Waals surface area contributed by atoms with Crippen molar-refractivity contribution in [2.75, 3.05) is 0 Å². The molecule has 2 heteroatoms. The van der Waals surface area contributed by atoms with Crippen LogP contribution >= 0.6 is 0 Å². The van der Waals surface area contributed by atoms with Crippen molar-refractivity contribution in [2.45, 2.75) is 13.8 Å². The predicted octanol–water partition coefficient (Wildman–Crippen LogP) is 3.61. The monoisotopic (exact) mass is 249 g/mol. The molecule has 0 bridgehead atoms. The third-order valence-electron chi connectivity index (χ3n) is 3.40. The standard InChI is InChI=1S/C17H15NO/c1-12-7-9-15(10-8-12)18-13(2)11-14-5-3-4-6-16(14)17(18)19/h3-11H,1-2H3.